The van der Waals surface area contributed by atoms with Crippen LogP contribution in [0.1, 0.15) is 5.56 Å². The zero-order chi connectivity index (χ0) is 6.69. The van der Waals surface area contributed by atoms with E-state index in [1.807, 2.05) is 30.3 Å². The molecule has 0 saturated carbocycles. The molecule has 2 heteroatoms. The molecule has 1 aromatic carbocycles. The van der Waals surface area contributed by atoms with Gasteiger partial charge in [-0.15, -0.1) is 0 Å². The summed E-state index contributed by atoms with van der Waals surface area (Å²) in [6.45, 7) is 0. The highest BCUT2D eigenvalue weighted by Gasteiger charge is 1.90. The lowest BCUT2D eigenvalue weighted by Crippen LogP contribution is -1.84. The van der Waals surface area contributed by atoms with Gasteiger partial charge in [0.05, 0.1) is 0 Å². The fourth-order valence-corrected chi connectivity index (χ4v) is 0.849. The van der Waals surface area contributed by atoms with Gasteiger partial charge in [-0.1, -0.05) is 30.3 Å². The molecule has 46 valence electrons. The first-order chi connectivity index (χ1) is 4.30. The van der Waals surface area contributed by atoms with Crippen molar-refractivity contribution in [2.45, 2.75) is 0 Å². The van der Waals surface area contributed by atoms with Crippen molar-refractivity contribution >= 4 is 20.6 Å². The number of hydrogen-bond acceptors (Lipinski definition) is 1. The van der Waals surface area contributed by atoms with Crippen LogP contribution in [-0.4, -0.2) is 4.62 Å². The predicted octanol–water partition coefficient (Wildman–Crippen LogP) is 2.41. The fourth-order valence-electron chi connectivity index (χ4n) is 0.584. The molecular weight excluding hydrogens is 178 g/mol. The Kier molecular flexibility index (Phi) is 2.01. The molecule has 0 unspecified atom stereocenters. The van der Waals surface area contributed by atoms with E-state index in [0.717, 1.165) is 5.56 Å². The molecule has 0 aliphatic rings. The van der Waals surface area contributed by atoms with Crippen LogP contribution in [0.4, 0.5) is 0 Å². The van der Waals surface area contributed by atoms with Gasteiger partial charge in [-0.2, -0.15) is 0 Å². The van der Waals surface area contributed by atoms with Crippen LogP contribution in [0.15, 0.2) is 30.3 Å². The highest BCUT2D eigenvalue weighted by molar-refractivity contribution is 9.18. The Labute approximate surface area is 62.3 Å². The van der Waals surface area contributed by atoms with Crippen LogP contribution in [0.5, 0.6) is 0 Å². The maximum absolute atomic E-state index is 7.15. The maximum Gasteiger partial charge on any atom is 0.104 e. The van der Waals surface area contributed by atoms with Gasteiger partial charge in [0.25, 0.3) is 0 Å². The molecule has 1 nitrogen and oxygen atoms in total. The SMILES string of the molecule is N=C(Br)c1ccccc1. The van der Waals surface area contributed by atoms with Gasteiger partial charge in [-0.3, -0.25) is 5.41 Å². The average molecular weight is 184 g/mol. The third kappa shape index (κ3) is 1.64. The quantitative estimate of drug-likeness (QED) is 0.648. The third-order valence-corrected chi connectivity index (χ3v) is 1.49. The number of halogens is 1. The van der Waals surface area contributed by atoms with E-state index in [-0.39, 0.29) is 0 Å². The summed E-state index contributed by atoms with van der Waals surface area (Å²) in [6, 6.07) is 9.52. The van der Waals surface area contributed by atoms with Gasteiger partial charge >= 0.3 is 0 Å². The number of benzene rings is 1. The van der Waals surface area contributed by atoms with Gasteiger partial charge < -0.3 is 0 Å². The average Bonchev–Trinajstić information content (AvgIpc) is 1.90. The Hall–Kier alpha value is -0.630. The Morgan fingerprint density at radius 3 is 2.11 bits per heavy atom. The molecule has 0 aliphatic heterocycles. The Bertz CT molecular complexity index is 205. The summed E-state index contributed by atoms with van der Waals surface area (Å²) in [5.74, 6) is 0. The summed E-state index contributed by atoms with van der Waals surface area (Å²) >= 11 is 3.07. The molecular formula is C7H6BrN. The molecule has 0 atom stereocenters. The highest BCUT2D eigenvalue weighted by Crippen LogP contribution is 2.02. The van der Waals surface area contributed by atoms with Crippen LogP contribution < -0.4 is 0 Å². The summed E-state index contributed by atoms with van der Waals surface area (Å²) in [4.78, 5) is 0. The Morgan fingerprint density at radius 2 is 1.78 bits per heavy atom. The van der Waals surface area contributed by atoms with Crippen molar-refractivity contribution in [3.8, 4) is 0 Å². The normalized spacial score (nSPS) is 9.00. The molecule has 1 N–H and O–H groups in total. The third-order valence-electron chi connectivity index (χ3n) is 1.03. The number of nitrogens with one attached hydrogen (secondary N) is 1. The summed E-state index contributed by atoms with van der Waals surface area (Å²) in [5.41, 5.74) is 0.914. The number of rotatable bonds is 1. The van der Waals surface area contributed by atoms with Crippen molar-refractivity contribution in [3.63, 3.8) is 0 Å². The second kappa shape index (κ2) is 2.78. The zero-order valence-corrected chi connectivity index (χ0v) is 6.35. The molecule has 0 spiro atoms. The Balaban J connectivity index is 2.98. The molecule has 1 rings (SSSR count). The first-order valence-corrected chi connectivity index (χ1v) is 3.39. The van der Waals surface area contributed by atoms with E-state index < -0.39 is 0 Å². The monoisotopic (exact) mass is 183 g/mol. The summed E-state index contributed by atoms with van der Waals surface area (Å²) < 4.78 is 0.433. The van der Waals surface area contributed by atoms with Crippen LogP contribution in [0.3, 0.4) is 0 Å². The van der Waals surface area contributed by atoms with Crippen molar-refractivity contribution in [1.82, 2.24) is 0 Å². The lowest BCUT2D eigenvalue weighted by molar-refractivity contribution is 1.53. The van der Waals surface area contributed by atoms with Gasteiger partial charge in [0.15, 0.2) is 0 Å². The van der Waals surface area contributed by atoms with E-state index in [0.29, 0.717) is 4.62 Å². The maximum atomic E-state index is 7.15. The van der Waals surface area contributed by atoms with Gasteiger partial charge in [0.2, 0.25) is 0 Å². The van der Waals surface area contributed by atoms with Gasteiger partial charge in [0, 0.05) is 5.56 Å². The van der Waals surface area contributed by atoms with Gasteiger partial charge in [-0.05, 0) is 15.9 Å². The second-order valence-corrected chi connectivity index (χ2v) is 2.47. The molecule has 0 radical (unpaired) electrons. The van der Waals surface area contributed by atoms with E-state index in [1.54, 1.807) is 0 Å². The first-order valence-electron chi connectivity index (χ1n) is 2.60. The topological polar surface area (TPSA) is 23.9 Å². The molecule has 0 saturated heterocycles. The van der Waals surface area contributed by atoms with E-state index in [2.05, 4.69) is 15.9 Å². The van der Waals surface area contributed by atoms with Crippen LogP contribution >= 0.6 is 15.9 Å². The minimum absolute atomic E-state index is 0.433. The predicted molar refractivity (Wildman–Crippen MR) is 42.2 cm³/mol. The molecule has 0 aliphatic carbocycles. The van der Waals surface area contributed by atoms with Crippen LogP contribution in [0.2, 0.25) is 0 Å². The van der Waals surface area contributed by atoms with E-state index in [9.17, 15) is 0 Å². The lowest BCUT2D eigenvalue weighted by Gasteiger charge is -1.91. The van der Waals surface area contributed by atoms with Crippen molar-refractivity contribution in [2.75, 3.05) is 0 Å². The molecule has 1 aromatic rings. The smallest absolute Gasteiger partial charge is 0.104 e. The summed E-state index contributed by atoms with van der Waals surface area (Å²) in [5, 5.41) is 7.15. The Morgan fingerprint density at radius 1 is 1.22 bits per heavy atom. The van der Waals surface area contributed by atoms with Crippen molar-refractivity contribution in [1.29, 1.82) is 5.41 Å². The molecule has 0 amide bonds. The van der Waals surface area contributed by atoms with Crippen LogP contribution in [0.25, 0.3) is 0 Å². The van der Waals surface area contributed by atoms with Crippen molar-refractivity contribution in [3.05, 3.63) is 35.9 Å². The van der Waals surface area contributed by atoms with Crippen molar-refractivity contribution < 1.29 is 0 Å². The first kappa shape index (κ1) is 6.49. The second-order valence-electron chi connectivity index (χ2n) is 1.68. The lowest BCUT2D eigenvalue weighted by atomic mass is 10.2. The number of hydrogen-bond donors (Lipinski definition) is 1. The molecule has 9 heavy (non-hydrogen) atoms. The highest BCUT2D eigenvalue weighted by atomic mass is 79.9. The van der Waals surface area contributed by atoms with Gasteiger partial charge in [-0.25, -0.2) is 0 Å². The fraction of sp³-hybridized carbons (Fsp3) is 0. The van der Waals surface area contributed by atoms with Gasteiger partial charge in [0.1, 0.15) is 4.62 Å². The summed E-state index contributed by atoms with van der Waals surface area (Å²) in [6.07, 6.45) is 0. The molecule has 0 bridgehead atoms. The van der Waals surface area contributed by atoms with Crippen LogP contribution in [-0.2, 0) is 0 Å². The van der Waals surface area contributed by atoms with E-state index in [4.69, 9.17) is 5.41 Å². The largest absolute Gasteiger partial charge is 0.293 e. The van der Waals surface area contributed by atoms with Crippen molar-refractivity contribution in [2.24, 2.45) is 0 Å². The minimum atomic E-state index is 0.433. The van der Waals surface area contributed by atoms with E-state index >= 15 is 0 Å². The van der Waals surface area contributed by atoms with E-state index in [1.165, 1.54) is 0 Å². The summed E-state index contributed by atoms with van der Waals surface area (Å²) in [7, 11) is 0. The standard InChI is InChI=1S/C7H6BrN/c8-7(9)6-4-2-1-3-5-6/h1-5,9H. The van der Waals surface area contributed by atoms with Crippen LogP contribution in [0, 0.1) is 5.41 Å². The molecule has 0 heterocycles. The molecule has 0 aromatic heterocycles. The molecule has 0 fully saturated rings. The zero-order valence-electron chi connectivity index (χ0n) is 4.76. The minimum Gasteiger partial charge on any atom is -0.293 e.